The minimum atomic E-state index is 0.155. The summed E-state index contributed by atoms with van der Waals surface area (Å²) in [4.78, 5) is 0. The molecule has 1 rings (SSSR count). The predicted molar refractivity (Wildman–Crippen MR) is 79.7 cm³/mol. The second-order valence-electron chi connectivity index (χ2n) is 5.14. The lowest BCUT2D eigenvalue weighted by Gasteiger charge is -2.14. The summed E-state index contributed by atoms with van der Waals surface area (Å²) in [6.07, 6.45) is 1.85. The largest absolute Gasteiger partial charge is 0.493 e. The summed E-state index contributed by atoms with van der Waals surface area (Å²) >= 11 is 0. The Bertz CT molecular complexity index is 352. The van der Waals surface area contributed by atoms with Gasteiger partial charge in [-0.05, 0) is 24.0 Å². The van der Waals surface area contributed by atoms with Crippen molar-refractivity contribution in [2.45, 2.75) is 45.6 Å². The lowest BCUT2D eigenvalue weighted by atomic mass is 10.0. The molecule has 0 amide bonds. The van der Waals surface area contributed by atoms with E-state index in [1.165, 1.54) is 5.56 Å². The summed E-state index contributed by atoms with van der Waals surface area (Å²) < 4.78 is 11.3. The molecular weight excluding hydrogens is 238 g/mol. The van der Waals surface area contributed by atoms with E-state index in [9.17, 15) is 0 Å². The Kier molecular flexibility index (Phi) is 7.53. The Balaban J connectivity index is 2.23. The predicted octanol–water partition coefficient (Wildman–Crippen LogP) is 3.33. The maximum absolute atomic E-state index is 5.82. The van der Waals surface area contributed by atoms with Crippen molar-refractivity contribution in [2.24, 2.45) is 5.73 Å². The van der Waals surface area contributed by atoms with Gasteiger partial charge in [-0.3, -0.25) is 0 Å². The van der Waals surface area contributed by atoms with Crippen molar-refractivity contribution in [1.82, 2.24) is 0 Å². The molecule has 19 heavy (non-hydrogen) atoms. The van der Waals surface area contributed by atoms with Gasteiger partial charge in [-0.25, -0.2) is 0 Å². The normalized spacial score (nSPS) is 12.7. The zero-order valence-corrected chi connectivity index (χ0v) is 12.4. The molecule has 0 aromatic heterocycles. The summed E-state index contributed by atoms with van der Waals surface area (Å²) in [5, 5.41) is 0. The first kappa shape index (κ1) is 16.0. The van der Waals surface area contributed by atoms with Gasteiger partial charge in [0, 0.05) is 19.1 Å². The minimum absolute atomic E-state index is 0.155. The Hall–Kier alpha value is -1.06. The van der Waals surface area contributed by atoms with Crippen LogP contribution in [0.3, 0.4) is 0 Å². The lowest BCUT2D eigenvalue weighted by Crippen LogP contribution is -2.25. The van der Waals surface area contributed by atoms with Crippen LogP contribution in [0.1, 0.15) is 45.1 Å². The smallest absolute Gasteiger partial charge is 0.122 e. The average molecular weight is 265 g/mol. The molecule has 0 radical (unpaired) electrons. The van der Waals surface area contributed by atoms with Gasteiger partial charge < -0.3 is 15.2 Å². The molecule has 0 aliphatic rings. The van der Waals surface area contributed by atoms with Gasteiger partial charge in [-0.15, -0.1) is 0 Å². The van der Waals surface area contributed by atoms with Gasteiger partial charge >= 0.3 is 0 Å². The van der Waals surface area contributed by atoms with Crippen molar-refractivity contribution < 1.29 is 9.47 Å². The van der Waals surface area contributed by atoms with Gasteiger partial charge in [0.1, 0.15) is 5.75 Å². The maximum Gasteiger partial charge on any atom is 0.122 e. The van der Waals surface area contributed by atoms with Gasteiger partial charge in [-0.1, -0.05) is 39.0 Å². The van der Waals surface area contributed by atoms with Crippen molar-refractivity contribution in [1.29, 1.82) is 0 Å². The molecule has 3 nitrogen and oxygen atoms in total. The molecule has 0 fully saturated rings. The molecule has 0 saturated carbocycles. The van der Waals surface area contributed by atoms with Gasteiger partial charge in [0.25, 0.3) is 0 Å². The highest BCUT2D eigenvalue weighted by atomic mass is 16.5. The second-order valence-corrected chi connectivity index (χ2v) is 5.14. The highest BCUT2D eigenvalue weighted by molar-refractivity contribution is 5.35. The first-order chi connectivity index (χ1) is 9.15. The van der Waals surface area contributed by atoms with Crippen molar-refractivity contribution in [3.8, 4) is 5.75 Å². The molecule has 1 aromatic rings. The Labute approximate surface area is 117 Å². The van der Waals surface area contributed by atoms with E-state index >= 15 is 0 Å². The molecule has 1 atom stereocenters. The number of para-hydroxylation sites is 1. The quantitative estimate of drug-likeness (QED) is 0.696. The van der Waals surface area contributed by atoms with E-state index in [0.29, 0.717) is 25.7 Å². The fraction of sp³-hybridized carbons (Fsp3) is 0.625. The summed E-state index contributed by atoms with van der Waals surface area (Å²) in [7, 11) is 0. The van der Waals surface area contributed by atoms with E-state index in [-0.39, 0.29) is 6.04 Å². The summed E-state index contributed by atoms with van der Waals surface area (Å²) in [5.41, 5.74) is 7.04. The van der Waals surface area contributed by atoms with Gasteiger partial charge in [0.15, 0.2) is 0 Å². The Morgan fingerprint density at radius 1 is 1.16 bits per heavy atom. The molecule has 108 valence electrons. The fourth-order valence-corrected chi connectivity index (χ4v) is 1.78. The van der Waals surface area contributed by atoms with Crippen LogP contribution in [0.25, 0.3) is 0 Å². The number of ether oxygens (including phenoxy) is 2. The van der Waals surface area contributed by atoms with Gasteiger partial charge in [0.05, 0.1) is 13.2 Å². The SMILES string of the molecule is CCC(N)COCCCOc1ccccc1C(C)C. The van der Waals surface area contributed by atoms with E-state index < -0.39 is 0 Å². The highest BCUT2D eigenvalue weighted by Crippen LogP contribution is 2.25. The van der Waals surface area contributed by atoms with Gasteiger partial charge in [0.2, 0.25) is 0 Å². The Morgan fingerprint density at radius 3 is 2.58 bits per heavy atom. The molecule has 1 aromatic carbocycles. The number of nitrogens with two attached hydrogens (primary N) is 1. The van der Waals surface area contributed by atoms with Crippen LogP contribution in [-0.4, -0.2) is 25.9 Å². The molecule has 0 aliphatic heterocycles. The lowest BCUT2D eigenvalue weighted by molar-refractivity contribution is 0.107. The highest BCUT2D eigenvalue weighted by Gasteiger charge is 2.06. The van der Waals surface area contributed by atoms with Crippen LogP contribution < -0.4 is 10.5 Å². The number of rotatable bonds is 9. The second kappa shape index (κ2) is 8.94. The van der Waals surface area contributed by atoms with E-state index in [2.05, 4.69) is 32.9 Å². The molecule has 1 unspecified atom stereocenters. The number of benzene rings is 1. The molecule has 0 saturated heterocycles. The molecule has 0 spiro atoms. The van der Waals surface area contributed by atoms with Crippen LogP contribution in [0.2, 0.25) is 0 Å². The maximum atomic E-state index is 5.82. The summed E-state index contributed by atoms with van der Waals surface area (Å²) in [6, 6.07) is 8.37. The van der Waals surface area contributed by atoms with Crippen LogP contribution in [0.5, 0.6) is 5.75 Å². The first-order valence-corrected chi connectivity index (χ1v) is 7.20. The topological polar surface area (TPSA) is 44.5 Å². The van der Waals surface area contributed by atoms with Crippen molar-refractivity contribution in [3.05, 3.63) is 29.8 Å². The fourth-order valence-electron chi connectivity index (χ4n) is 1.78. The van der Waals surface area contributed by atoms with Crippen LogP contribution in [0.15, 0.2) is 24.3 Å². The van der Waals surface area contributed by atoms with E-state index in [1.807, 2.05) is 12.1 Å². The number of hydrogen-bond acceptors (Lipinski definition) is 3. The van der Waals surface area contributed by atoms with Crippen LogP contribution in [-0.2, 0) is 4.74 Å². The molecule has 3 heteroatoms. The standard InChI is InChI=1S/C16H27NO2/c1-4-14(17)12-18-10-7-11-19-16-9-6-5-8-15(16)13(2)3/h5-6,8-9,13-14H,4,7,10-12,17H2,1-3H3. The third kappa shape index (κ3) is 6.08. The molecular formula is C16H27NO2. The van der Waals surface area contributed by atoms with Crippen LogP contribution in [0.4, 0.5) is 0 Å². The van der Waals surface area contributed by atoms with Crippen LogP contribution >= 0.6 is 0 Å². The van der Waals surface area contributed by atoms with Gasteiger partial charge in [-0.2, -0.15) is 0 Å². The van der Waals surface area contributed by atoms with E-state index in [0.717, 1.165) is 18.6 Å². The molecule has 0 heterocycles. The molecule has 0 aliphatic carbocycles. The first-order valence-electron chi connectivity index (χ1n) is 7.20. The zero-order chi connectivity index (χ0) is 14.1. The minimum Gasteiger partial charge on any atom is -0.493 e. The third-order valence-corrected chi connectivity index (χ3v) is 3.09. The van der Waals surface area contributed by atoms with Crippen molar-refractivity contribution >= 4 is 0 Å². The van der Waals surface area contributed by atoms with E-state index in [4.69, 9.17) is 15.2 Å². The van der Waals surface area contributed by atoms with E-state index in [1.54, 1.807) is 0 Å². The molecule has 0 bridgehead atoms. The van der Waals surface area contributed by atoms with Crippen molar-refractivity contribution in [2.75, 3.05) is 19.8 Å². The summed E-state index contributed by atoms with van der Waals surface area (Å²) in [5.74, 6) is 1.47. The molecule has 2 N–H and O–H groups in total. The third-order valence-electron chi connectivity index (χ3n) is 3.09. The van der Waals surface area contributed by atoms with Crippen LogP contribution in [0, 0.1) is 0 Å². The Morgan fingerprint density at radius 2 is 1.89 bits per heavy atom. The van der Waals surface area contributed by atoms with Crippen molar-refractivity contribution in [3.63, 3.8) is 0 Å². The zero-order valence-electron chi connectivity index (χ0n) is 12.4. The number of hydrogen-bond donors (Lipinski definition) is 1. The summed E-state index contributed by atoms with van der Waals surface area (Å²) in [6.45, 7) is 8.45. The monoisotopic (exact) mass is 265 g/mol. The average Bonchev–Trinajstić information content (AvgIpc) is 2.42.